The van der Waals surface area contributed by atoms with E-state index in [0.717, 1.165) is 13.0 Å². The molecule has 2 aromatic heterocycles. The summed E-state index contributed by atoms with van der Waals surface area (Å²) in [5, 5.41) is 11.7. The highest BCUT2D eigenvalue weighted by Crippen LogP contribution is 2.26. The normalized spacial score (nSPS) is 20.0. The molecule has 114 valence electrons. The standard InChI is InChI=1S/C16H25N5/c1-13-9-16(19-18-13)15-6-4-8-21(12-15)7-3-5-14-10-17-20(2)11-14/h9-11,15H,3-8,12H2,1-2H3,(H,18,19). The Balaban J connectivity index is 1.47. The van der Waals surface area contributed by atoms with Crippen LogP contribution in [0.5, 0.6) is 0 Å². The van der Waals surface area contributed by atoms with Crippen molar-refractivity contribution in [1.29, 1.82) is 0 Å². The maximum atomic E-state index is 4.44. The third-order valence-electron chi connectivity index (χ3n) is 4.35. The minimum atomic E-state index is 0.599. The maximum absolute atomic E-state index is 4.44. The van der Waals surface area contributed by atoms with E-state index in [-0.39, 0.29) is 0 Å². The van der Waals surface area contributed by atoms with Gasteiger partial charge in [0.15, 0.2) is 0 Å². The lowest BCUT2D eigenvalue weighted by molar-refractivity contribution is 0.204. The van der Waals surface area contributed by atoms with E-state index in [1.165, 1.54) is 49.3 Å². The van der Waals surface area contributed by atoms with Gasteiger partial charge in [-0.25, -0.2) is 0 Å². The van der Waals surface area contributed by atoms with Crippen LogP contribution < -0.4 is 0 Å². The largest absolute Gasteiger partial charge is 0.303 e. The predicted molar refractivity (Wildman–Crippen MR) is 83.3 cm³/mol. The van der Waals surface area contributed by atoms with Crippen molar-refractivity contribution in [2.75, 3.05) is 19.6 Å². The van der Waals surface area contributed by atoms with Gasteiger partial charge in [0.1, 0.15) is 0 Å². The zero-order valence-corrected chi connectivity index (χ0v) is 13.0. The molecule has 0 radical (unpaired) electrons. The number of likely N-dealkylation sites (tertiary alicyclic amines) is 1. The van der Waals surface area contributed by atoms with Crippen molar-refractivity contribution in [3.63, 3.8) is 0 Å². The molecule has 2 aromatic rings. The van der Waals surface area contributed by atoms with Gasteiger partial charge in [-0.05, 0) is 57.3 Å². The first-order valence-corrected chi connectivity index (χ1v) is 7.92. The molecular weight excluding hydrogens is 262 g/mol. The fourth-order valence-corrected chi connectivity index (χ4v) is 3.26. The highest BCUT2D eigenvalue weighted by Gasteiger charge is 2.22. The Labute approximate surface area is 126 Å². The van der Waals surface area contributed by atoms with E-state index >= 15 is 0 Å². The molecule has 3 heterocycles. The molecule has 0 bridgehead atoms. The van der Waals surface area contributed by atoms with E-state index in [9.17, 15) is 0 Å². The summed E-state index contributed by atoms with van der Waals surface area (Å²) in [6, 6.07) is 2.20. The van der Waals surface area contributed by atoms with Gasteiger partial charge in [-0.15, -0.1) is 0 Å². The van der Waals surface area contributed by atoms with Gasteiger partial charge in [0.2, 0.25) is 0 Å². The van der Waals surface area contributed by atoms with Gasteiger partial charge in [-0.3, -0.25) is 9.78 Å². The van der Waals surface area contributed by atoms with Crippen molar-refractivity contribution in [3.8, 4) is 0 Å². The summed E-state index contributed by atoms with van der Waals surface area (Å²) in [5.74, 6) is 0.599. The van der Waals surface area contributed by atoms with E-state index in [2.05, 4.69) is 39.4 Å². The third kappa shape index (κ3) is 3.73. The number of piperidine rings is 1. The molecule has 0 saturated carbocycles. The summed E-state index contributed by atoms with van der Waals surface area (Å²) < 4.78 is 1.88. The van der Waals surface area contributed by atoms with Gasteiger partial charge in [-0.2, -0.15) is 10.2 Å². The Bertz CT molecular complexity index is 571. The zero-order valence-electron chi connectivity index (χ0n) is 13.0. The van der Waals surface area contributed by atoms with Crippen molar-refractivity contribution in [2.45, 2.75) is 38.5 Å². The summed E-state index contributed by atoms with van der Waals surface area (Å²) in [4.78, 5) is 2.59. The fourth-order valence-electron chi connectivity index (χ4n) is 3.26. The van der Waals surface area contributed by atoms with Crippen molar-refractivity contribution in [3.05, 3.63) is 35.4 Å². The van der Waals surface area contributed by atoms with Crippen LogP contribution in [0.15, 0.2) is 18.5 Å². The smallest absolute Gasteiger partial charge is 0.0668 e. The van der Waals surface area contributed by atoms with Crippen LogP contribution in [0.2, 0.25) is 0 Å². The Hall–Kier alpha value is -1.62. The number of hydrogen-bond donors (Lipinski definition) is 1. The number of rotatable bonds is 5. The number of nitrogens with one attached hydrogen (secondary N) is 1. The quantitative estimate of drug-likeness (QED) is 0.917. The Kier molecular flexibility index (Phi) is 4.39. The molecule has 1 aliphatic heterocycles. The molecule has 1 atom stereocenters. The number of hydrogen-bond acceptors (Lipinski definition) is 3. The first-order chi connectivity index (χ1) is 10.2. The van der Waals surface area contributed by atoms with Gasteiger partial charge < -0.3 is 4.90 Å². The van der Waals surface area contributed by atoms with Crippen LogP contribution in [-0.4, -0.2) is 44.5 Å². The van der Waals surface area contributed by atoms with Gasteiger partial charge in [0.05, 0.1) is 11.9 Å². The lowest BCUT2D eigenvalue weighted by atomic mass is 9.94. The molecular formula is C16H25N5. The molecule has 0 aliphatic carbocycles. The first kappa shape index (κ1) is 14.3. The van der Waals surface area contributed by atoms with Crippen LogP contribution in [-0.2, 0) is 13.5 Å². The first-order valence-electron chi connectivity index (χ1n) is 7.92. The predicted octanol–water partition coefficient (Wildman–Crippen LogP) is 2.26. The molecule has 0 spiro atoms. The average Bonchev–Trinajstić information content (AvgIpc) is 3.08. The van der Waals surface area contributed by atoms with Crippen LogP contribution in [0.1, 0.15) is 42.1 Å². The van der Waals surface area contributed by atoms with Crippen molar-refractivity contribution in [2.24, 2.45) is 7.05 Å². The molecule has 3 rings (SSSR count). The summed E-state index contributed by atoms with van der Waals surface area (Å²) in [7, 11) is 1.98. The minimum Gasteiger partial charge on any atom is -0.303 e. The van der Waals surface area contributed by atoms with Gasteiger partial charge in [0.25, 0.3) is 0 Å². The summed E-state index contributed by atoms with van der Waals surface area (Å²) in [6.45, 7) is 5.63. The summed E-state index contributed by atoms with van der Waals surface area (Å²) in [6.07, 6.45) is 8.97. The highest BCUT2D eigenvalue weighted by molar-refractivity contribution is 5.13. The summed E-state index contributed by atoms with van der Waals surface area (Å²) >= 11 is 0. The maximum Gasteiger partial charge on any atom is 0.0668 e. The Morgan fingerprint density at radius 1 is 1.43 bits per heavy atom. The van der Waals surface area contributed by atoms with Crippen molar-refractivity contribution >= 4 is 0 Å². The minimum absolute atomic E-state index is 0.599. The molecule has 5 nitrogen and oxygen atoms in total. The second-order valence-electron chi connectivity index (χ2n) is 6.24. The lowest BCUT2D eigenvalue weighted by Gasteiger charge is -2.31. The number of aromatic nitrogens is 4. The number of aryl methyl sites for hydroxylation is 3. The van der Waals surface area contributed by atoms with E-state index < -0.39 is 0 Å². The van der Waals surface area contributed by atoms with E-state index in [1.54, 1.807) is 0 Å². The molecule has 1 N–H and O–H groups in total. The second-order valence-corrected chi connectivity index (χ2v) is 6.24. The van der Waals surface area contributed by atoms with E-state index in [0.29, 0.717) is 5.92 Å². The molecule has 0 amide bonds. The summed E-state index contributed by atoms with van der Waals surface area (Å²) in [5.41, 5.74) is 3.75. The zero-order chi connectivity index (χ0) is 14.7. The molecule has 1 aliphatic rings. The van der Waals surface area contributed by atoms with Gasteiger partial charge in [0, 0.05) is 31.4 Å². The van der Waals surface area contributed by atoms with Gasteiger partial charge in [-0.1, -0.05) is 0 Å². The molecule has 1 unspecified atom stereocenters. The Morgan fingerprint density at radius 2 is 2.33 bits per heavy atom. The molecule has 1 fully saturated rings. The van der Waals surface area contributed by atoms with Crippen LogP contribution >= 0.6 is 0 Å². The highest BCUT2D eigenvalue weighted by atomic mass is 15.2. The monoisotopic (exact) mass is 287 g/mol. The van der Waals surface area contributed by atoms with Crippen molar-refractivity contribution < 1.29 is 0 Å². The SMILES string of the molecule is Cc1cc(C2CCCN(CCCc3cnn(C)c3)C2)n[nH]1. The van der Waals surface area contributed by atoms with Gasteiger partial charge >= 0.3 is 0 Å². The Morgan fingerprint density at radius 3 is 3.05 bits per heavy atom. The van der Waals surface area contributed by atoms with Crippen molar-refractivity contribution in [1.82, 2.24) is 24.9 Å². The fraction of sp³-hybridized carbons (Fsp3) is 0.625. The number of nitrogens with zero attached hydrogens (tertiary/aromatic N) is 4. The average molecular weight is 287 g/mol. The van der Waals surface area contributed by atoms with Crippen LogP contribution in [0.4, 0.5) is 0 Å². The van der Waals surface area contributed by atoms with E-state index in [1.807, 2.05) is 17.9 Å². The molecule has 21 heavy (non-hydrogen) atoms. The lowest BCUT2D eigenvalue weighted by Crippen LogP contribution is -2.35. The number of H-pyrrole nitrogens is 1. The third-order valence-corrected chi connectivity index (χ3v) is 4.35. The topological polar surface area (TPSA) is 49.7 Å². The molecule has 5 heteroatoms. The van der Waals surface area contributed by atoms with Crippen LogP contribution in [0, 0.1) is 6.92 Å². The second kappa shape index (κ2) is 6.43. The van der Waals surface area contributed by atoms with Crippen LogP contribution in [0.25, 0.3) is 0 Å². The molecule has 1 saturated heterocycles. The van der Waals surface area contributed by atoms with Crippen LogP contribution in [0.3, 0.4) is 0 Å². The van der Waals surface area contributed by atoms with E-state index in [4.69, 9.17) is 0 Å². The molecule has 0 aromatic carbocycles. The number of aromatic amines is 1.